The van der Waals surface area contributed by atoms with Crippen molar-refractivity contribution in [3.05, 3.63) is 71.4 Å². The van der Waals surface area contributed by atoms with E-state index < -0.39 is 0 Å². The van der Waals surface area contributed by atoms with Gasteiger partial charge in [-0.25, -0.2) is 4.98 Å². The van der Waals surface area contributed by atoms with Gasteiger partial charge in [0.05, 0.1) is 34.0 Å². The van der Waals surface area contributed by atoms with E-state index in [0.717, 1.165) is 16.3 Å². The summed E-state index contributed by atoms with van der Waals surface area (Å²) in [5, 5.41) is 30.3. The molecule has 114 valence electrons. The van der Waals surface area contributed by atoms with Crippen LogP contribution in [-0.2, 0) is 0 Å². The van der Waals surface area contributed by atoms with Crippen LogP contribution < -0.4 is 0 Å². The van der Waals surface area contributed by atoms with Crippen molar-refractivity contribution in [2.24, 2.45) is 0 Å². The molecule has 0 spiro atoms. The smallest absolute Gasteiger partial charge is 0.145 e. The largest absolute Gasteiger partial charge is 0.291 e. The molecular formula is C20H9N5. The fourth-order valence-corrected chi connectivity index (χ4v) is 3.13. The van der Waals surface area contributed by atoms with Crippen molar-refractivity contribution in [2.75, 3.05) is 0 Å². The minimum Gasteiger partial charge on any atom is -0.291 e. The van der Waals surface area contributed by atoms with Crippen molar-refractivity contribution in [1.29, 1.82) is 15.8 Å². The van der Waals surface area contributed by atoms with Crippen LogP contribution in [0.5, 0.6) is 0 Å². The molecule has 0 amide bonds. The van der Waals surface area contributed by atoms with Crippen LogP contribution in [0.15, 0.2) is 54.7 Å². The molecule has 0 saturated carbocycles. The fraction of sp³-hybridized carbons (Fsp3) is 0. The lowest BCUT2D eigenvalue weighted by molar-refractivity contribution is 1.12. The van der Waals surface area contributed by atoms with E-state index in [-0.39, 0.29) is 16.7 Å². The molecule has 2 aromatic carbocycles. The van der Waals surface area contributed by atoms with E-state index in [9.17, 15) is 10.5 Å². The van der Waals surface area contributed by atoms with Crippen molar-refractivity contribution < 1.29 is 0 Å². The van der Waals surface area contributed by atoms with Gasteiger partial charge in [-0.3, -0.25) is 4.57 Å². The van der Waals surface area contributed by atoms with Crippen molar-refractivity contribution in [2.45, 2.75) is 0 Å². The number of hydrogen-bond acceptors (Lipinski definition) is 4. The normalized spacial score (nSPS) is 10.3. The molecular weight excluding hydrogens is 310 g/mol. The van der Waals surface area contributed by atoms with Gasteiger partial charge in [0.2, 0.25) is 0 Å². The van der Waals surface area contributed by atoms with Crippen molar-refractivity contribution >= 4 is 21.9 Å². The number of para-hydroxylation sites is 1. The third kappa shape index (κ3) is 2.03. The van der Waals surface area contributed by atoms with Gasteiger partial charge in [0.1, 0.15) is 17.8 Å². The summed E-state index contributed by atoms with van der Waals surface area (Å²) in [6.45, 7) is 0. The first-order valence-corrected chi connectivity index (χ1v) is 7.51. The summed E-state index contributed by atoms with van der Waals surface area (Å²) in [7, 11) is 0. The summed E-state index contributed by atoms with van der Waals surface area (Å²) in [6.07, 6.45) is 1.68. The molecule has 0 atom stereocenters. The summed E-state index contributed by atoms with van der Waals surface area (Å²) in [5.74, 6) is 0. The molecule has 0 saturated heterocycles. The lowest BCUT2D eigenvalue weighted by atomic mass is 10.0. The molecule has 0 bridgehead atoms. The van der Waals surface area contributed by atoms with Crippen LogP contribution in [0.1, 0.15) is 16.7 Å². The van der Waals surface area contributed by atoms with Crippen LogP contribution in [-0.4, -0.2) is 9.55 Å². The second-order valence-electron chi connectivity index (χ2n) is 5.48. The molecule has 2 heterocycles. The average Bonchev–Trinajstić information content (AvgIpc) is 3.01. The Hall–Kier alpha value is -4.14. The molecule has 4 aromatic rings. The first kappa shape index (κ1) is 14.5. The number of pyridine rings is 1. The van der Waals surface area contributed by atoms with Gasteiger partial charge in [-0.05, 0) is 30.3 Å². The van der Waals surface area contributed by atoms with Gasteiger partial charge < -0.3 is 0 Å². The van der Waals surface area contributed by atoms with Crippen LogP contribution in [0.25, 0.3) is 27.6 Å². The Balaban J connectivity index is 2.26. The summed E-state index contributed by atoms with van der Waals surface area (Å²) >= 11 is 0. The highest BCUT2D eigenvalue weighted by molar-refractivity contribution is 6.08. The fourth-order valence-electron chi connectivity index (χ4n) is 3.13. The number of fused-ring (bicyclic) bond motifs is 3. The van der Waals surface area contributed by atoms with Crippen molar-refractivity contribution in [3.63, 3.8) is 0 Å². The second kappa shape index (κ2) is 5.49. The lowest BCUT2D eigenvalue weighted by Gasteiger charge is -2.11. The van der Waals surface area contributed by atoms with Gasteiger partial charge in [-0.1, -0.05) is 18.2 Å². The molecule has 25 heavy (non-hydrogen) atoms. The molecule has 5 heteroatoms. The number of rotatable bonds is 1. The van der Waals surface area contributed by atoms with Crippen LogP contribution in [0.2, 0.25) is 0 Å². The predicted octanol–water partition coefficient (Wildman–Crippen LogP) is 3.79. The zero-order valence-electron chi connectivity index (χ0n) is 12.9. The quantitative estimate of drug-likeness (QED) is 0.534. The van der Waals surface area contributed by atoms with Crippen LogP contribution >= 0.6 is 0 Å². The van der Waals surface area contributed by atoms with Gasteiger partial charge in [0.25, 0.3) is 0 Å². The standard InChI is InChI=1S/C20H9N5/c21-10-13-8-14(11-22)19(15(9-13)12-23)25-18-6-2-1-4-16(18)17-5-3-7-24-20(17)25/h1-9H. The Kier molecular flexibility index (Phi) is 3.18. The second-order valence-corrected chi connectivity index (χ2v) is 5.48. The van der Waals surface area contributed by atoms with E-state index in [4.69, 9.17) is 5.26 Å². The van der Waals surface area contributed by atoms with E-state index in [1.54, 1.807) is 6.20 Å². The monoisotopic (exact) mass is 319 g/mol. The van der Waals surface area contributed by atoms with E-state index in [1.165, 1.54) is 12.1 Å². The molecule has 0 radical (unpaired) electrons. The maximum absolute atomic E-state index is 9.60. The Morgan fingerprint density at radius 3 is 2.16 bits per heavy atom. The van der Waals surface area contributed by atoms with Crippen LogP contribution in [0.4, 0.5) is 0 Å². The molecule has 0 fully saturated rings. The van der Waals surface area contributed by atoms with Gasteiger partial charge >= 0.3 is 0 Å². The summed E-state index contributed by atoms with van der Waals surface area (Å²) in [5.41, 5.74) is 2.79. The average molecular weight is 319 g/mol. The SMILES string of the molecule is N#Cc1cc(C#N)c(-n2c3ccccc3c3cccnc32)c(C#N)c1. The molecule has 0 unspecified atom stereocenters. The molecule has 0 aliphatic heterocycles. The molecule has 0 aliphatic carbocycles. The molecule has 0 aliphatic rings. The maximum Gasteiger partial charge on any atom is 0.145 e. The predicted molar refractivity (Wildman–Crippen MR) is 92.7 cm³/mol. The van der Waals surface area contributed by atoms with E-state index in [1.807, 2.05) is 47.0 Å². The minimum absolute atomic E-state index is 0.268. The molecule has 5 nitrogen and oxygen atoms in total. The summed E-state index contributed by atoms with van der Waals surface area (Å²) in [4.78, 5) is 4.47. The maximum atomic E-state index is 9.60. The number of aromatic nitrogens is 2. The summed E-state index contributed by atoms with van der Waals surface area (Å²) in [6, 6.07) is 20.8. The Morgan fingerprint density at radius 2 is 1.48 bits per heavy atom. The number of benzene rings is 2. The molecule has 0 N–H and O–H groups in total. The zero-order valence-corrected chi connectivity index (χ0v) is 12.9. The van der Waals surface area contributed by atoms with E-state index in [2.05, 4.69) is 17.1 Å². The Morgan fingerprint density at radius 1 is 0.800 bits per heavy atom. The number of nitrogens with zero attached hydrogens (tertiary/aromatic N) is 5. The van der Waals surface area contributed by atoms with E-state index >= 15 is 0 Å². The zero-order chi connectivity index (χ0) is 17.4. The summed E-state index contributed by atoms with van der Waals surface area (Å²) < 4.78 is 1.82. The number of nitriles is 3. The molecule has 2 aromatic heterocycles. The first-order valence-electron chi connectivity index (χ1n) is 7.51. The highest BCUT2D eigenvalue weighted by atomic mass is 15.0. The molecule has 4 rings (SSSR count). The van der Waals surface area contributed by atoms with E-state index in [0.29, 0.717) is 11.3 Å². The van der Waals surface area contributed by atoms with Gasteiger partial charge in [0, 0.05) is 17.0 Å². The van der Waals surface area contributed by atoms with Crippen molar-refractivity contribution in [3.8, 4) is 23.9 Å². The minimum atomic E-state index is 0.268. The number of hydrogen-bond donors (Lipinski definition) is 0. The topological polar surface area (TPSA) is 89.2 Å². The van der Waals surface area contributed by atoms with Gasteiger partial charge in [-0.2, -0.15) is 15.8 Å². The first-order chi connectivity index (χ1) is 12.3. The highest BCUT2D eigenvalue weighted by Gasteiger charge is 2.19. The van der Waals surface area contributed by atoms with Crippen LogP contribution in [0.3, 0.4) is 0 Å². The van der Waals surface area contributed by atoms with Crippen LogP contribution in [0, 0.1) is 34.0 Å². The Labute approximate surface area is 143 Å². The van der Waals surface area contributed by atoms with Gasteiger partial charge in [-0.15, -0.1) is 0 Å². The van der Waals surface area contributed by atoms with Crippen molar-refractivity contribution in [1.82, 2.24) is 9.55 Å². The van der Waals surface area contributed by atoms with Gasteiger partial charge in [0.15, 0.2) is 0 Å². The Bertz CT molecular complexity index is 1190. The highest BCUT2D eigenvalue weighted by Crippen LogP contribution is 2.33. The third-order valence-corrected chi connectivity index (χ3v) is 4.14. The third-order valence-electron chi connectivity index (χ3n) is 4.14. The lowest BCUT2D eigenvalue weighted by Crippen LogP contribution is -2.03.